The first-order valence-electron chi connectivity index (χ1n) is 7.64. The maximum atomic E-state index is 13.7. The van der Waals surface area contributed by atoms with Gasteiger partial charge in [-0.25, -0.2) is 8.78 Å². The van der Waals surface area contributed by atoms with Crippen molar-refractivity contribution in [3.8, 4) is 5.75 Å². The normalized spacial score (nSPS) is 10.7. The van der Waals surface area contributed by atoms with Crippen LogP contribution in [0.1, 0.15) is 21.8 Å². The summed E-state index contributed by atoms with van der Waals surface area (Å²) in [7, 11) is 0. The van der Waals surface area contributed by atoms with E-state index in [-0.39, 0.29) is 23.1 Å². The van der Waals surface area contributed by atoms with Crippen LogP contribution in [0.15, 0.2) is 40.9 Å². The van der Waals surface area contributed by atoms with Crippen LogP contribution in [0.25, 0.3) is 0 Å². The zero-order valence-electron chi connectivity index (χ0n) is 13.9. The highest BCUT2D eigenvalue weighted by Gasteiger charge is 2.21. The van der Waals surface area contributed by atoms with Gasteiger partial charge in [0.25, 0.3) is 5.91 Å². The van der Waals surface area contributed by atoms with Crippen molar-refractivity contribution in [3.05, 3.63) is 75.1 Å². The third kappa shape index (κ3) is 4.37. The molecule has 1 aromatic heterocycles. The van der Waals surface area contributed by atoms with Crippen LogP contribution in [-0.2, 0) is 6.61 Å². The van der Waals surface area contributed by atoms with Gasteiger partial charge in [0.05, 0.1) is 16.3 Å². The Morgan fingerprint density at radius 2 is 2.00 bits per heavy atom. The number of nitrogens with zero attached hydrogens (tertiary/aromatic N) is 1. The van der Waals surface area contributed by atoms with E-state index in [1.54, 1.807) is 19.1 Å². The molecule has 0 spiro atoms. The quantitative estimate of drug-likeness (QED) is 0.609. The van der Waals surface area contributed by atoms with Gasteiger partial charge >= 0.3 is 0 Å². The average Bonchev–Trinajstić information content (AvgIpc) is 2.97. The molecule has 27 heavy (non-hydrogen) atoms. The molecule has 0 fully saturated rings. The number of carbonyl (C=O) groups excluding carboxylic acids is 1. The first-order chi connectivity index (χ1) is 12.8. The Bertz CT molecular complexity index is 1010. The maximum absolute atomic E-state index is 13.7. The number of hydrogen-bond acceptors (Lipinski definition) is 4. The van der Waals surface area contributed by atoms with Crippen molar-refractivity contribution in [2.24, 2.45) is 0 Å². The van der Waals surface area contributed by atoms with Crippen LogP contribution in [0.5, 0.6) is 5.75 Å². The summed E-state index contributed by atoms with van der Waals surface area (Å²) >= 11 is 11.9. The molecule has 3 rings (SSSR count). The van der Waals surface area contributed by atoms with Gasteiger partial charge in [0.1, 0.15) is 18.2 Å². The summed E-state index contributed by atoms with van der Waals surface area (Å²) < 4.78 is 37.0. The fourth-order valence-corrected chi connectivity index (χ4v) is 2.71. The predicted molar refractivity (Wildman–Crippen MR) is 96.3 cm³/mol. The Hall–Kier alpha value is -2.64. The molecule has 1 amide bonds. The van der Waals surface area contributed by atoms with Crippen molar-refractivity contribution >= 4 is 34.8 Å². The van der Waals surface area contributed by atoms with E-state index in [0.29, 0.717) is 28.1 Å². The number of amides is 1. The van der Waals surface area contributed by atoms with Crippen molar-refractivity contribution in [1.29, 1.82) is 0 Å². The number of nitrogens with one attached hydrogen (secondary N) is 1. The van der Waals surface area contributed by atoms with Gasteiger partial charge in [-0.1, -0.05) is 28.4 Å². The molecule has 5 nitrogen and oxygen atoms in total. The average molecular weight is 413 g/mol. The fourth-order valence-electron chi connectivity index (χ4n) is 2.25. The van der Waals surface area contributed by atoms with E-state index in [0.717, 1.165) is 12.1 Å². The molecule has 0 saturated carbocycles. The van der Waals surface area contributed by atoms with Crippen molar-refractivity contribution in [2.75, 3.05) is 5.32 Å². The molecule has 0 aliphatic rings. The molecular formula is C18H12Cl2F2N2O3. The van der Waals surface area contributed by atoms with Crippen molar-refractivity contribution < 1.29 is 22.8 Å². The van der Waals surface area contributed by atoms with E-state index >= 15 is 0 Å². The summed E-state index contributed by atoms with van der Waals surface area (Å²) in [6.07, 6.45) is 0. The van der Waals surface area contributed by atoms with Crippen LogP contribution in [-0.4, -0.2) is 11.1 Å². The van der Waals surface area contributed by atoms with E-state index in [1.807, 2.05) is 0 Å². The molecule has 0 atom stereocenters. The summed E-state index contributed by atoms with van der Waals surface area (Å²) in [5.74, 6) is -2.01. The molecule has 3 aromatic rings. The number of carbonyl (C=O) groups is 1. The van der Waals surface area contributed by atoms with Gasteiger partial charge in [0.2, 0.25) is 0 Å². The van der Waals surface area contributed by atoms with E-state index in [1.165, 1.54) is 6.07 Å². The Morgan fingerprint density at radius 3 is 2.70 bits per heavy atom. The Labute approximate surface area is 162 Å². The minimum absolute atomic E-state index is 0.0407. The molecule has 2 aromatic carbocycles. The second-order valence-corrected chi connectivity index (χ2v) is 6.35. The van der Waals surface area contributed by atoms with Gasteiger partial charge in [0.15, 0.2) is 17.3 Å². The summed E-state index contributed by atoms with van der Waals surface area (Å²) in [5, 5.41) is 6.99. The SMILES string of the molecule is Cc1onc(C(=O)Nc2ccc(Cl)cc2Cl)c1COc1ccc(F)cc1F. The lowest BCUT2D eigenvalue weighted by Gasteiger charge is -2.09. The molecule has 1 N–H and O–H groups in total. The maximum Gasteiger partial charge on any atom is 0.278 e. The molecular weight excluding hydrogens is 401 g/mol. The highest BCUT2D eigenvalue weighted by Crippen LogP contribution is 2.27. The predicted octanol–water partition coefficient (Wildman–Crippen LogP) is 5.40. The molecule has 0 bridgehead atoms. The largest absolute Gasteiger partial charge is 0.486 e. The molecule has 9 heteroatoms. The Morgan fingerprint density at radius 1 is 1.22 bits per heavy atom. The number of rotatable bonds is 5. The molecule has 0 radical (unpaired) electrons. The third-order valence-electron chi connectivity index (χ3n) is 3.65. The molecule has 1 heterocycles. The van der Waals surface area contributed by atoms with Crippen LogP contribution in [0.3, 0.4) is 0 Å². The van der Waals surface area contributed by atoms with Crippen LogP contribution >= 0.6 is 23.2 Å². The minimum atomic E-state index is -0.858. The Balaban J connectivity index is 1.78. The smallest absolute Gasteiger partial charge is 0.278 e. The zero-order chi connectivity index (χ0) is 19.6. The standard InChI is InChI=1S/C18H12Cl2F2N2O3/c1-9-12(8-26-16-5-3-11(21)7-14(16)22)17(24-27-9)18(25)23-15-4-2-10(19)6-13(15)20/h2-7H,8H2,1H3,(H,23,25). The number of benzene rings is 2. The topological polar surface area (TPSA) is 64.4 Å². The second-order valence-electron chi connectivity index (χ2n) is 5.51. The van der Waals surface area contributed by atoms with E-state index in [2.05, 4.69) is 10.5 Å². The molecule has 0 aliphatic heterocycles. The first kappa shape index (κ1) is 19.1. The monoisotopic (exact) mass is 412 g/mol. The van der Waals surface area contributed by atoms with E-state index < -0.39 is 17.5 Å². The summed E-state index contributed by atoms with van der Waals surface area (Å²) in [4.78, 5) is 12.5. The molecule has 140 valence electrons. The van der Waals surface area contributed by atoms with Crippen LogP contribution in [0.2, 0.25) is 10.0 Å². The number of ether oxygens (including phenoxy) is 1. The van der Waals surface area contributed by atoms with Gasteiger partial charge in [-0.2, -0.15) is 0 Å². The van der Waals surface area contributed by atoms with Gasteiger partial charge in [0, 0.05) is 11.1 Å². The van der Waals surface area contributed by atoms with Crippen molar-refractivity contribution in [3.63, 3.8) is 0 Å². The van der Waals surface area contributed by atoms with E-state index in [9.17, 15) is 13.6 Å². The van der Waals surface area contributed by atoms with Crippen LogP contribution in [0, 0.1) is 18.6 Å². The fraction of sp³-hybridized carbons (Fsp3) is 0.111. The Kier molecular flexibility index (Phi) is 5.62. The third-order valence-corrected chi connectivity index (χ3v) is 4.19. The number of anilines is 1. The minimum Gasteiger partial charge on any atom is -0.486 e. The van der Waals surface area contributed by atoms with Crippen molar-refractivity contribution in [1.82, 2.24) is 5.16 Å². The lowest BCUT2D eigenvalue weighted by atomic mass is 10.2. The second kappa shape index (κ2) is 7.94. The molecule has 0 saturated heterocycles. The van der Waals surface area contributed by atoms with Crippen molar-refractivity contribution in [2.45, 2.75) is 13.5 Å². The number of hydrogen-bond donors (Lipinski definition) is 1. The number of halogens is 4. The van der Waals surface area contributed by atoms with Gasteiger partial charge < -0.3 is 14.6 Å². The summed E-state index contributed by atoms with van der Waals surface area (Å²) in [6.45, 7) is 1.38. The lowest BCUT2D eigenvalue weighted by Crippen LogP contribution is -2.15. The molecule has 0 unspecified atom stereocenters. The number of aromatic nitrogens is 1. The van der Waals surface area contributed by atoms with Crippen LogP contribution in [0.4, 0.5) is 14.5 Å². The van der Waals surface area contributed by atoms with Gasteiger partial charge in [-0.3, -0.25) is 4.79 Å². The van der Waals surface area contributed by atoms with Gasteiger partial charge in [-0.05, 0) is 37.3 Å². The first-order valence-corrected chi connectivity index (χ1v) is 8.40. The lowest BCUT2D eigenvalue weighted by molar-refractivity contribution is 0.101. The highest BCUT2D eigenvalue weighted by atomic mass is 35.5. The number of aryl methyl sites for hydroxylation is 1. The summed E-state index contributed by atoms with van der Waals surface area (Å²) in [5.41, 5.74) is 0.616. The molecule has 0 aliphatic carbocycles. The highest BCUT2D eigenvalue weighted by molar-refractivity contribution is 6.36. The summed E-state index contributed by atoms with van der Waals surface area (Å²) in [6, 6.07) is 7.51. The van der Waals surface area contributed by atoms with Gasteiger partial charge in [-0.15, -0.1) is 0 Å². The van der Waals surface area contributed by atoms with E-state index in [4.69, 9.17) is 32.5 Å². The zero-order valence-corrected chi connectivity index (χ0v) is 15.4. The van der Waals surface area contributed by atoms with Crippen LogP contribution < -0.4 is 10.1 Å².